The lowest BCUT2D eigenvalue weighted by Crippen LogP contribution is -2.29. The maximum absolute atomic E-state index is 5.34. The van der Waals surface area contributed by atoms with Crippen LogP contribution in [0.5, 0.6) is 0 Å². The lowest BCUT2D eigenvalue weighted by molar-refractivity contribution is 0.134. The number of hydrogen-bond acceptors (Lipinski definition) is 2. The van der Waals surface area contributed by atoms with Crippen LogP contribution in [-0.2, 0) is 4.74 Å². The molecule has 0 bridgehead atoms. The third-order valence-electron chi connectivity index (χ3n) is 1.43. The molecule has 0 aliphatic carbocycles. The van der Waals surface area contributed by atoms with Gasteiger partial charge in [0.15, 0.2) is 0 Å². The van der Waals surface area contributed by atoms with Crippen LogP contribution in [0, 0.1) is 5.41 Å². The molecule has 0 amide bonds. The number of ether oxygens (including phenoxy) is 1. The van der Waals surface area contributed by atoms with Crippen molar-refractivity contribution in [2.24, 2.45) is 5.41 Å². The average molecular weight is 173 g/mol. The minimum atomic E-state index is 0.380. The first kappa shape index (κ1) is 11.9. The Bertz CT molecular complexity index is 96.5. The van der Waals surface area contributed by atoms with Gasteiger partial charge in [-0.3, -0.25) is 0 Å². The highest BCUT2D eigenvalue weighted by Crippen LogP contribution is 2.09. The molecule has 2 heteroatoms. The molecule has 0 heterocycles. The Labute approximate surface area is 76.7 Å². The van der Waals surface area contributed by atoms with E-state index in [2.05, 4.69) is 33.0 Å². The SMILES string of the molecule is CCCOCCNCC(C)(C)C. The smallest absolute Gasteiger partial charge is 0.0590 e. The summed E-state index contributed by atoms with van der Waals surface area (Å²) >= 11 is 0. The van der Waals surface area contributed by atoms with Crippen LogP contribution in [0.15, 0.2) is 0 Å². The Kier molecular flexibility index (Phi) is 6.39. The molecule has 0 saturated heterocycles. The largest absolute Gasteiger partial charge is 0.380 e. The summed E-state index contributed by atoms with van der Waals surface area (Å²) in [6.45, 7) is 12.6. The molecule has 0 radical (unpaired) electrons. The maximum atomic E-state index is 5.34. The molecule has 0 rings (SSSR count). The molecular formula is C10H23NO. The standard InChI is InChI=1S/C10H23NO/c1-5-7-12-8-6-11-9-10(2,3)4/h11H,5-9H2,1-4H3. The summed E-state index contributed by atoms with van der Waals surface area (Å²) in [5, 5.41) is 3.36. The molecule has 0 aromatic heterocycles. The van der Waals surface area contributed by atoms with Crippen LogP contribution in [0.4, 0.5) is 0 Å². The van der Waals surface area contributed by atoms with Gasteiger partial charge in [0, 0.05) is 19.7 Å². The van der Waals surface area contributed by atoms with Gasteiger partial charge in [0.2, 0.25) is 0 Å². The summed E-state index contributed by atoms with van der Waals surface area (Å²) in [7, 11) is 0. The molecule has 0 spiro atoms. The van der Waals surface area contributed by atoms with Crippen molar-refractivity contribution in [2.75, 3.05) is 26.3 Å². The summed E-state index contributed by atoms with van der Waals surface area (Å²) < 4.78 is 5.34. The fourth-order valence-electron chi connectivity index (χ4n) is 0.854. The van der Waals surface area contributed by atoms with E-state index in [-0.39, 0.29) is 0 Å². The molecule has 1 N–H and O–H groups in total. The van der Waals surface area contributed by atoms with Gasteiger partial charge in [0.1, 0.15) is 0 Å². The van der Waals surface area contributed by atoms with Gasteiger partial charge < -0.3 is 10.1 Å². The van der Waals surface area contributed by atoms with Crippen molar-refractivity contribution in [3.63, 3.8) is 0 Å². The quantitative estimate of drug-likeness (QED) is 0.621. The van der Waals surface area contributed by atoms with E-state index in [0.29, 0.717) is 5.41 Å². The van der Waals surface area contributed by atoms with Crippen LogP contribution in [0.25, 0.3) is 0 Å². The van der Waals surface area contributed by atoms with Crippen LogP contribution in [0.2, 0.25) is 0 Å². The van der Waals surface area contributed by atoms with E-state index < -0.39 is 0 Å². The summed E-state index contributed by atoms with van der Waals surface area (Å²) in [6, 6.07) is 0. The molecule has 0 aliphatic rings. The zero-order valence-electron chi connectivity index (χ0n) is 8.94. The fraction of sp³-hybridized carbons (Fsp3) is 1.00. The van der Waals surface area contributed by atoms with Gasteiger partial charge in [0.05, 0.1) is 6.61 Å². The molecule has 0 saturated carbocycles. The van der Waals surface area contributed by atoms with E-state index in [1.807, 2.05) is 0 Å². The number of nitrogens with one attached hydrogen (secondary N) is 1. The molecule has 74 valence electrons. The summed E-state index contributed by atoms with van der Waals surface area (Å²) in [4.78, 5) is 0. The van der Waals surface area contributed by atoms with Crippen LogP contribution in [0.1, 0.15) is 34.1 Å². The third-order valence-corrected chi connectivity index (χ3v) is 1.43. The maximum Gasteiger partial charge on any atom is 0.0590 e. The molecule has 12 heavy (non-hydrogen) atoms. The van der Waals surface area contributed by atoms with Gasteiger partial charge in [-0.1, -0.05) is 27.7 Å². The molecule has 0 fully saturated rings. The Morgan fingerprint density at radius 2 is 1.83 bits per heavy atom. The van der Waals surface area contributed by atoms with Gasteiger partial charge in [-0.05, 0) is 11.8 Å². The Morgan fingerprint density at radius 3 is 2.33 bits per heavy atom. The van der Waals surface area contributed by atoms with Crippen LogP contribution < -0.4 is 5.32 Å². The molecule has 0 aromatic carbocycles. The number of rotatable bonds is 6. The van der Waals surface area contributed by atoms with Crippen molar-refractivity contribution < 1.29 is 4.74 Å². The van der Waals surface area contributed by atoms with Crippen molar-refractivity contribution in [1.82, 2.24) is 5.32 Å². The predicted molar refractivity (Wildman–Crippen MR) is 53.4 cm³/mol. The van der Waals surface area contributed by atoms with Crippen LogP contribution >= 0.6 is 0 Å². The lowest BCUT2D eigenvalue weighted by atomic mass is 9.97. The van der Waals surface area contributed by atoms with Crippen molar-refractivity contribution in [3.8, 4) is 0 Å². The molecule has 2 nitrogen and oxygen atoms in total. The van der Waals surface area contributed by atoms with Crippen molar-refractivity contribution in [3.05, 3.63) is 0 Å². The second-order valence-electron chi connectivity index (χ2n) is 4.35. The van der Waals surface area contributed by atoms with Crippen LogP contribution in [-0.4, -0.2) is 26.3 Å². The van der Waals surface area contributed by atoms with Crippen molar-refractivity contribution in [1.29, 1.82) is 0 Å². The van der Waals surface area contributed by atoms with E-state index >= 15 is 0 Å². The van der Waals surface area contributed by atoms with E-state index in [0.717, 1.165) is 32.7 Å². The van der Waals surface area contributed by atoms with Crippen LogP contribution in [0.3, 0.4) is 0 Å². The summed E-state index contributed by atoms with van der Waals surface area (Å²) in [5.74, 6) is 0. The lowest BCUT2D eigenvalue weighted by Gasteiger charge is -2.18. The first-order valence-electron chi connectivity index (χ1n) is 4.85. The van der Waals surface area contributed by atoms with E-state index in [1.165, 1.54) is 0 Å². The van der Waals surface area contributed by atoms with Crippen molar-refractivity contribution >= 4 is 0 Å². The van der Waals surface area contributed by atoms with Gasteiger partial charge in [-0.15, -0.1) is 0 Å². The summed E-state index contributed by atoms with van der Waals surface area (Å²) in [5.41, 5.74) is 0.380. The molecule has 0 aliphatic heterocycles. The van der Waals surface area contributed by atoms with Gasteiger partial charge in [-0.2, -0.15) is 0 Å². The second kappa shape index (κ2) is 6.44. The zero-order valence-corrected chi connectivity index (χ0v) is 8.94. The minimum absolute atomic E-state index is 0.380. The minimum Gasteiger partial charge on any atom is -0.380 e. The topological polar surface area (TPSA) is 21.3 Å². The Hall–Kier alpha value is -0.0800. The highest BCUT2D eigenvalue weighted by molar-refractivity contribution is 4.64. The Balaban J connectivity index is 3.01. The molecule has 0 unspecified atom stereocenters. The van der Waals surface area contributed by atoms with E-state index in [4.69, 9.17) is 4.74 Å². The van der Waals surface area contributed by atoms with Gasteiger partial charge >= 0.3 is 0 Å². The predicted octanol–water partition coefficient (Wildman–Crippen LogP) is 2.05. The molecular weight excluding hydrogens is 150 g/mol. The van der Waals surface area contributed by atoms with Crippen molar-refractivity contribution in [2.45, 2.75) is 34.1 Å². The first-order valence-corrected chi connectivity index (χ1v) is 4.85. The normalized spacial score (nSPS) is 12.0. The number of hydrogen-bond donors (Lipinski definition) is 1. The molecule has 0 atom stereocenters. The highest BCUT2D eigenvalue weighted by atomic mass is 16.5. The third kappa shape index (κ3) is 9.92. The van der Waals surface area contributed by atoms with E-state index in [1.54, 1.807) is 0 Å². The summed E-state index contributed by atoms with van der Waals surface area (Å²) in [6.07, 6.45) is 1.11. The molecule has 0 aromatic rings. The van der Waals surface area contributed by atoms with Gasteiger partial charge in [0.25, 0.3) is 0 Å². The average Bonchev–Trinajstić information content (AvgIpc) is 1.94. The van der Waals surface area contributed by atoms with Gasteiger partial charge in [-0.25, -0.2) is 0 Å². The fourth-order valence-corrected chi connectivity index (χ4v) is 0.854. The Morgan fingerprint density at radius 1 is 1.17 bits per heavy atom. The second-order valence-corrected chi connectivity index (χ2v) is 4.35. The highest BCUT2D eigenvalue weighted by Gasteiger charge is 2.07. The monoisotopic (exact) mass is 173 g/mol. The zero-order chi connectivity index (χ0) is 9.45. The first-order chi connectivity index (χ1) is 5.56. The van der Waals surface area contributed by atoms with E-state index in [9.17, 15) is 0 Å².